The molecule has 4 aromatic rings. The van der Waals surface area contributed by atoms with Gasteiger partial charge in [-0.05, 0) is 51.1 Å². The fraction of sp³-hybridized carbons (Fsp3) is 0.190. The summed E-state index contributed by atoms with van der Waals surface area (Å²) in [6, 6.07) is 15.8. The summed E-state index contributed by atoms with van der Waals surface area (Å²) in [6.45, 7) is 6.02. The van der Waals surface area contributed by atoms with Crippen LogP contribution in [0.2, 0.25) is 0 Å². The molecule has 0 saturated carbocycles. The molecule has 0 aliphatic rings. The quantitative estimate of drug-likeness (QED) is 0.527. The molecule has 4 rings (SSSR count). The SMILES string of the molecule is Cc1nc2ccc(NCC(=O)Nc3c(C)nn(-c4ccccc4)c3C)cc2s1. The third-order valence-electron chi connectivity index (χ3n) is 4.50. The first-order valence-electron chi connectivity index (χ1n) is 9.04. The van der Waals surface area contributed by atoms with Crippen LogP contribution in [-0.2, 0) is 4.79 Å². The van der Waals surface area contributed by atoms with Gasteiger partial charge in [0.1, 0.15) is 0 Å². The molecule has 0 unspecified atom stereocenters. The van der Waals surface area contributed by atoms with Crippen molar-refractivity contribution in [1.29, 1.82) is 0 Å². The number of rotatable bonds is 5. The summed E-state index contributed by atoms with van der Waals surface area (Å²) in [7, 11) is 0. The molecule has 0 aliphatic carbocycles. The van der Waals surface area contributed by atoms with Crippen LogP contribution in [0.15, 0.2) is 48.5 Å². The van der Waals surface area contributed by atoms with E-state index in [0.29, 0.717) is 0 Å². The lowest BCUT2D eigenvalue weighted by Crippen LogP contribution is -2.22. The van der Waals surface area contributed by atoms with Gasteiger partial charge in [-0.25, -0.2) is 9.67 Å². The molecular formula is C21H21N5OS. The monoisotopic (exact) mass is 391 g/mol. The second kappa shape index (κ2) is 7.44. The summed E-state index contributed by atoms with van der Waals surface area (Å²) < 4.78 is 2.96. The molecule has 2 aromatic heterocycles. The van der Waals surface area contributed by atoms with Crippen LogP contribution >= 0.6 is 11.3 Å². The van der Waals surface area contributed by atoms with Crippen molar-refractivity contribution < 1.29 is 4.79 Å². The lowest BCUT2D eigenvalue weighted by Gasteiger charge is -2.09. The van der Waals surface area contributed by atoms with Crippen LogP contribution in [0.4, 0.5) is 11.4 Å². The highest BCUT2D eigenvalue weighted by Crippen LogP contribution is 2.25. The molecular weight excluding hydrogens is 370 g/mol. The van der Waals surface area contributed by atoms with E-state index in [0.717, 1.165) is 43.7 Å². The number of hydrogen-bond acceptors (Lipinski definition) is 5. The summed E-state index contributed by atoms with van der Waals surface area (Å²) >= 11 is 1.65. The Bertz CT molecular complexity index is 1150. The van der Waals surface area contributed by atoms with Crippen molar-refractivity contribution in [2.45, 2.75) is 20.8 Å². The van der Waals surface area contributed by atoms with Gasteiger partial charge in [-0.3, -0.25) is 4.79 Å². The average Bonchev–Trinajstić information content (AvgIpc) is 3.20. The molecule has 0 fully saturated rings. The summed E-state index contributed by atoms with van der Waals surface area (Å²) in [5, 5.41) is 11.8. The van der Waals surface area contributed by atoms with Gasteiger partial charge in [-0.15, -0.1) is 11.3 Å². The summed E-state index contributed by atoms with van der Waals surface area (Å²) in [5.74, 6) is -0.112. The van der Waals surface area contributed by atoms with Crippen molar-refractivity contribution in [3.8, 4) is 5.69 Å². The molecule has 2 heterocycles. The third kappa shape index (κ3) is 3.61. The van der Waals surface area contributed by atoms with E-state index in [-0.39, 0.29) is 12.5 Å². The molecule has 0 saturated heterocycles. The number of nitrogens with one attached hydrogen (secondary N) is 2. The topological polar surface area (TPSA) is 71.8 Å². The van der Waals surface area contributed by atoms with Gasteiger partial charge in [-0.1, -0.05) is 18.2 Å². The molecule has 0 radical (unpaired) electrons. The Labute approximate surface area is 167 Å². The van der Waals surface area contributed by atoms with Gasteiger partial charge >= 0.3 is 0 Å². The Balaban J connectivity index is 1.45. The zero-order valence-corrected chi connectivity index (χ0v) is 16.8. The molecule has 1 amide bonds. The molecule has 0 atom stereocenters. The van der Waals surface area contributed by atoms with Gasteiger partial charge in [0.2, 0.25) is 5.91 Å². The number of amides is 1. The fourth-order valence-electron chi connectivity index (χ4n) is 3.16. The lowest BCUT2D eigenvalue weighted by atomic mass is 10.2. The zero-order valence-electron chi connectivity index (χ0n) is 16.0. The largest absolute Gasteiger partial charge is 0.376 e. The van der Waals surface area contributed by atoms with Crippen molar-refractivity contribution in [3.05, 3.63) is 64.9 Å². The Kier molecular flexibility index (Phi) is 4.83. The first-order chi connectivity index (χ1) is 13.5. The van der Waals surface area contributed by atoms with E-state index in [2.05, 4.69) is 20.7 Å². The number of aryl methyl sites for hydroxylation is 2. The summed E-state index contributed by atoms with van der Waals surface area (Å²) in [4.78, 5) is 16.9. The van der Waals surface area contributed by atoms with Gasteiger partial charge in [-0.2, -0.15) is 5.10 Å². The minimum atomic E-state index is -0.112. The van der Waals surface area contributed by atoms with Crippen molar-refractivity contribution in [2.75, 3.05) is 17.2 Å². The van der Waals surface area contributed by atoms with E-state index in [1.807, 2.05) is 74.0 Å². The maximum Gasteiger partial charge on any atom is 0.243 e. The molecule has 0 spiro atoms. The zero-order chi connectivity index (χ0) is 19.7. The number of anilines is 2. The van der Waals surface area contributed by atoms with Gasteiger partial charge in [0.15, 0.2) is 0 Å². The molecule has 28 heavy (non-hydrogen) atoms. The molecule has 0 bridgehead atoms. The average molecular weight is 392 g/mol. The molecule has 6 nitrogen and oxygen atoms in total. The van der Waals surface area contributed by atoms with Gasteiger partial charge < -0.3 is 10.6 Å². The van der Waals surface area contributed by atoms with Crippen LogP contribution in [0.5, 0.6) is 0 Å². The molecule has 0 aliphatic heterocycles. The van der Waals surface area contributed by atoms with Crippen molar-refractivity contribution in [2.24, 2.45) is 0 Å². The number of hydrogen-bond donors (Lipinski definition) is 2. The lowest BCUT2D eigenvalue weighted by molar-refractivity contribution is -0.114. The van der Waals surface area contributed by atoms with Crippen molar-refractivity contribution in [1.82, 2.24) is 14.8 Å². The smallest absolute Gasteiger partial charge is 0.243 e. The number of nitrogens with zero attached hydrogens (tertiary/aromatic N) is 3. The van der Waals surface area contributed by atoms with Crippen LogP contribution < -0.4 is 10.6 Å². The minimum absolute atomic E-state index is 0.112. The maximum absolute atomic E-state index is 12.5. The Morgan fingerprint density at radius 3 is 2.68 bits per heavy atom. The van der Waals surface area contributed by atoms with Crippen molar-refractivity contribution >= 4 is 38.8 Å². The third-order valence-corrected chi connectivity index (χ3v) is 5.44. The van der Waals surface area contributed by atoms with Crippen LogP contribution in [-0.4, -0.2) is 27.2 Å². The maximum atomic E-state index is 12.5. The van der Waals surface area contributed by atoms with Crippen molar-refractivity contribution in [3.63, 3.8) is 0 Å². The predicted molar refractivity (Wildman–Crippen MR) is 115 cm³/mol. The molecule has 7 heteroatoms. The molecule has 2 aromatic carbocycles. The Hall–Kier alpha value is -3.19. The van der Waals surface area contributed by atoms with Crippen LogP contribution in [0.3, 0.4) is 0 Å². The van der Waals surface area contributed by atoms with Gasteiger partial charge in [0.25, 0.3) is 0 Å². The van der Waals surface area contributed by atoms with Crippen LogP contribution in [0.25, 0.3) is 15.9 Å². The molecule has 142 valence electrons. The number of carbonyl (C=O) groups excluding carboxylic acids is 1. The number of para-hydroxylation sites is 1. The normalized spacial score (nSPS) is 11.0. The van der Waals surface area contributed by atoms with E-state index in [4.69, 9.17) is 0 Å². The van der Waals surface area contributed by atoms with Gasteiger partial charge in [0.05, 0.1) is 44.5 Å². The Morgan fingerprint density at radius 1 is 1.11 bits per heavy atom. The number of fused-ring (bicyclic) bond motifs is 1. The van der Waals surface area contributed by atoms with E-state index in [9.17, 15) is 4.79 Å². The second-order valence-corrected chi connectivity index (χ2v) is 7.85. The van der Waals surface area contributed by atoms with Crippen LogP contribution in [0, 0.1) is 20.8 Å². The predicted octanol–water partition coefficient (Wildman–Crippen LogP) is 4.46. The van der Waals surface area contributed by atoms with E-state index in [1.165, 1.54) is 0 Å². The van der Waals surface area contributed by atoms with E-state index in [1.54, 1.807) is 11.3 Å². The second-order valence-electron chi connectivity index (χ2n) is 6.61. The minimum Gasteiger partial charge on any atom is -0.376 e. The highest BCUT2D eigenvalue weighted by Gasteiger charge is 2.15. The summed E-state index contributed by atoms with van der Waals surface area (Å²) in [5.41, 5.74) is 5.30. The first kappa shape index (κ1) is 18.2. The number of thiazole rings is 1. The van der Waals surface area contributed by atoms with Gasteiger partial charge in [0, 0.05) is 5.69 Å². The van der Waals surface area contributed by atoms with E-state index < -0.39 is 0 Å². The fourth-order valence-corrected chi connectivity index (χ4v) is 4.03. The van der Waals surface area contributed by atoms with Crippen LogP contribution in [0.1, 0.15) is 16.4 Å². The van der Waals surface area contributed by atoms with E-state index >= 15 is 0 Å². The number of benzene rings is 2. The Morgan fingerprint density at radius 2 is 1.89 bits per heavy atom. The number of carbonyl (C=O) groups is 1. The number of aromatic nitrogens is 3. The molecule has 2 N–H and O–H groups in total. The summed E-state index contributed by atoms with van der Waals surface area (Å²) in [6.07, 6.45) is 0. The first-order valence-corrected chi connectivity index (χ1v) is 9.85. The standard InChI is InChI=1S/C21H21N5OS/c1-13-21(14(2)26(25-13)17-7-5-4-6-8-17)24-20(27)12-22-16-9-10-18-19(11-16)28-15(3)23-18/h4-11,22H,12H2,1-3H3,(H,24,27). The highest BCUT2D eigenvalue weighted by atomic mass is 32.1. The highest BCUT2D eigenvalue weighted by molar-refractivity contribution is 7.18.